The number of hydrogen-bond acceptors (Lipinski definition) is 7. The molecule has 0 spiro atoms. The van der Waals surface area contributed by atoms with Crippen LogP contribution in [0.5, 0.6) is 17.5 Å². The van der Waals surface area contributed by atoms with Crippen molar-refractivity contribution in [1.82, 2.24) is 19.9 Å². The summed E-state index contributed by atoms with van der Waals surface area (Å²) in [5.74, 6) is 1.26. The molecule has 4 heterocycles. The first kappa shape index (κ1) is 20.7. The molecule has 0 radical (unpaired) electrons. The molecule has 4 rings (SSSR count). The van der Waals surface area contributed by atoms with Crippen LogP contribution >= 0.6 is 11.6 Å². The van der Waals surface area contributed by atoms with E-state index in [1.165, 1.54) is 6.33 Å². The van der Waals surface area contributed by atoms with E-state index < -0.39 is 0 Å². The minimum atomic E-state index is -0.224. The molecule has 0 N–H and O–H groups in total. The fraction of sp³-hybridized carbons (Fsp3) is 0.524. The Labute approximate surface area is 180 Å². The maximum absolute atomic E-state index is 12.4. The lowest BCUT2D eigenvalue weighted by Crippen LogP contribution is -2.50. The second-order valence-corrected chi connectivity index (χ2v) is 8.30. The minimum absolute atomic E-state index is 0.0333. The molecule has 2 aliphatic rings. The number of piperidine rings is 1. The lowest BCUT2D eigenvalue weighted by molar-refractivity contribution is 0.0206. The molecule has 30 heavy (non-hydrogen) atoms. The van der Waals surface area contributed by atoms with Crippen molar-refractivity contribution in [3.8, 4) is 17.5 Å². The molecule has 1 amide bonds. The van der Waals surface area contributed by atoms with E-state index in [9.17, 15) is 4.79 Å². The summed E-state index contributed by atoms with van der Waals surface area (Å²) in [5.41, 5.74) is 0.686. The van der Waals surface area contributed by atoms with Crippen molar-refractivity contribution in [3.05, 3.63) is 35.4 Å². The number of amides is 1. The molecule has 0 saturated carbocycles. The quantitative estimate of drug-likeness (QED) is 0.640. The van der Waals surface area contributed by atoms with Gasteiger partial charge in [0.05, 0.1) is 11.7 Å². The van der Waals surface area contributed by atoms with Crippen molar-refractivity contribution >= 4 is 17.7 Å². The Morgan fingerprint density at radius 3 is 2.53 bits per heavy atom. The largest absolute Gasteiger partial charge is 0.474 e. The molecule has 2 fully saturated rings. The Kier molecular flexibility index (Phi) is 5.94. The predicted octanol–water partition coefficient (Wildman–Crippen LogP) is 4.54. The van der Waals surface area contributed by atoms with Gasteiger partial charge in [0.2, 0.25) is 11.8 Å². The smallest absolute Gasteiger partial charge is 0.410 e. The number of fused-ring (bicyclic) bond motifs is 2. The predicted molar refractivity (Wildman–Crippen MR) is 110 cm³/mol. The highest BCUT2D eigenvalue weighted by atomic mass is 35.5. The highest BCUT2D eigenvalue weighted by Crippen LogP contribution is 2.39. The number of ether oxygens (including phenoxy) is 3. The Morgan fingerprint density at radius 2 is 1.87 bits per heavy atom. The van der Waals surface area contributed by atoms with E-state index in [4.69, 9.17) is 25.8 Å². The Bertz CT molecular complexity index is 912. The van der Waals surface area contributed by atoms with E-state index in [-0.39, 0.29) is 35.5 Å². The van der Waals surface area contributed by atoms with Crippen LogP contribution in [0.15, 0.2) is 24.7 Å². The number of rotatable bonds is 5. The molecular formula is C21H25ClN4O4. The molecule has 0 aliphatic carbocycles. The molecule has 2 bridgehead atoms. The fourth-order valence-corrected chi connectivity index (χ4v) is 4.29. The number of nitrogens with zero attached hydrogens (tertiary/aromatic N) is 4. The van der Waals surface area contributed by atoms with Crippen molar-refractivity contribution in [2.24, 2.45) is 0 Å². The second-order valence-electron chi connectivity index (χ2n) is 7.94. The number of halogens is 1. The van der Waals surface area contributed by atoms with Crippen molar-refractivity contribution in [1.29, 1.82) is 0 Å². The van der Waals surface area contributed by atoms with Gasteiger partial charge in [0.1, 0.15) is 12.4 Å². The van der Waals surface area contributed by atoms with E-state index in [2.05, 4.69) is 15.0 Å². The highest BCUT2D eigenvalue weighted by Gasteiger charge is 2.45. The van der Waals surface area contributed by atoms with Crippen molar-refractivity contribution in [2.75, 3.05) is 0 Å². The maximum Gasteiger partial charge on any atom is 0.410 e. The maximum atomic E-state index is 12.4. The summed E-state index contributed by atoms with van der Waals surface area (Å²) in [5, 5.41) is 0.259. The number of hydrogen-bond donors (Lipinski definition) is 0. The standard InChI is InChI=1S/C21H25ClN4O4/c1-12(2)28-21(27)26-14-6-7-15(26)10-16(9-14)29-19-13(3)20(25-11-24-19)30-17-5-4-8-23-18(17)22/h4-5,8,11-12,14-16H,6-7,9-10H2,1-3H3. The minimum Gasteiger partial charge on any atom is -0.474 e. The summed E-state index contributed by atoms with van der Waals surface area (Å²) < 4.78 is 17.5. The van der Waals surface area contributed by atoms with Gasteiger partial charge in [-0.2, -0.15) is 0 Å². The molecule has 0 aromatic carbocycles. The van der Waals surface area contributed by atoms with Gasteiger partial charge in [0, 0.05) is 31.1 Å². The lowest BCUT2D eigenvalue weighted by atomic mass is 10.0. The number of carbonyl (C=O) groups is 1. The van der Waals surface area contributed by atoms with Crippen LogP contribution in [0.3, 0.4) is 0 Å². The van der Waals surface area contributed by atoms with Crippen LogP contribution in [0, 0.1) is 6.92 Å². The zero-order valence-corrected chi connectivity index (χ0v) is 18.0. The van der Waals surface area contributed by atoms with Gasteiger partial charge in [-0.3, -0.25) is 0 Å². The highest BCUT2D eigenvalue weighted by molar-refractivity contribution is 6.30. The van der Waals surface area contributed by atoms with Crippen LogP contribution < -0.4 is 9.47 Å². The van der Waals surface area contributed by atoms with E-state index in [0.29, 0.717) is 23.1 Å². The third-order valence-electron chi connectivity index (χ3n) is 5.44. The molecule has 9 heteroatoms. The zero-order valence-electron chi connectivity index (χ0n) is 17.2. The molecule has 2 atom stereocenters. The second kappa shape index (κ2) is 8.63. The Morgan fingerprint density at radius 1 is 1.17 bits per heavy atom. The van der Waals surface area contributed by atoms with Gasteiger partial charge in [-0.15, -0.1) is 0 Å². The summed E-state index contributed by atoms with van der Waals surface area (Å²) in [6.45, 7) is 5.58. The summed E-state index contributed by atoms with van der Waals surface area (Å²) in [6, 6.07) is 3.73. The monoisotopic (exact) mass is 432 g/mol. The molecule has 2 aromatic heterocycles. The fourth-order valence-electron chi connectivity index (χ4n) is 4.13. The van der Waals surface area contributed by atoms with Crippen molar-refractivity contribution in [2.45, 2.75) is 70.7 Å². The zero-order chi connectivity index (χ0) is 21.3. The lowest BCUT2D eigenvalue weighted by Gasteiger charge is -2.38. The van der Waals surface area contributed by atoms with Crippen LogP contribution in [-0.4, -0.2) is 50.2 Å². The van der Waals surface area contributed by atoms with Gasteiger partial charge in [0.15, 0.2) is 10.9 Å². The van der Waals surface area contributed by atoms with Gasteiger partial charge >= 0.3 is 6.09 Å². The van der Waals surface area contributed by atoms with Gasteiger partial charge < -0.3 is 19.1 Å². The topological polar surface area (TPSA) is 86.7 Å². The number of pyridine rings is 1. The van der Waals surface area contributed by atoms with Gasteiger partial charge in [-0.1, -0.05) is 11.6 Å². The van der Waals surface area contributed by atoms with Gasteiger partial charge in [-0.05, 0) is 45.7 Å². The molecule has 2 saturated heterocycles. The molecule has 2 aliphatic heterocycles. The van der Waals surface area contributed by atoms with E-state index >= 15 is 0 Å². The van der Waals surface area contributed by atoms with E-state index in [1.807, 2.05) is 25.7 Å². The van der Waals surface area contributed by atoms with Crippen LogP contribution in [0.2, 0.25) is 5.15 Å². The Hall–Kier alpha value is -2.61. The first-order chi connectivity index (χ1) is 14.4. The van der Waals surface area contributed by atoms with Crippen molar-refractivity contribution < 1.29 is 19.0 Å². The van der Waals surface area contributed by atoms with E-state index in [1.54, 1.807) is 18.3 Å². The van der Waals surface area contributed by atoms with Crippen LogP contribution in [-0.2, 0) is 4.74 Å². The van der Waals surface area contributed by atoms with Crippen LogP contribution in [0.25, 0.3) is 0 Å². The summed E-state index contributed by atoms with van der Waals surface area (Å²) in [7, 11) is 0. The normalized spacial score (nSPS) is 22.8. The molecular weight excluding hydrogens is 408 g/mol. The molecule has 2 unspecified atom stereocenters. The van der Waals surface area contributed by atoms with Gasteiger partial charge in [0.25, 0.3) is 0 Å². The SMILES string of the molecule is Cc1c(Oc2cccnc2Cl)ncnc1OC1CC2CCC(C1)N2C(=O)OC(C)C. The first-order valence-corrected chi connectivity index (χ1v) is 10.6. The third-order valence-corrected chi connectivity index (χ3v) is 5.72. The number of carbonyl (C=O) groups excluding carboxylic acids is 1. The molecule has 8 nitrogen and oxygen atoms in total. The molecule has 2 aromatic rings. The van der Waals surface area contributed by atoms with Gasteiger partial charge in [-0.25, -0.2) is 19.7 Å². The summed E-state index contributed by atoms with van der Waals surface area (Å²) >= 11 is 6.08. The Balaban J connectivity index is 1.45. The first-order valence-electron chi connectivity index (χ1n) is 10.2. The third kappa shape index (κ3) is 4.28. The average Bonchev–Trinajstić information content (AvgIpc) is 2.97. The van der Waals surface area contributed by atoms with Crippen molar-refractivity contribution in [3.63, 3.8) is 0 Å². The summed E-state index contributed by atoms with van der Waals surface area (Å²) in [6.07, 6.45) is 6.05. The van der Waals surface area contributed by atoms with Crippen LogP contribution in [0.1, 0.15) is 45.1 Å². The van der Waals surface area contributed by atoms with Crippen LogP contribution in [0.4, 0.5) is 4.79 Å². The number of aromatic nitrogens is 3. The molecule has 160 valence electrons. The summed E-state index contributed by atoms with van der Waals surface area (Å²) in [4.78, 5) is 26.8. The van der Waals surface area contributed by atoms with E-state index in [0.717, 1.165) is 25.7 Å². The average molecular weight is 433 g/mol.